The molecular weight excluding hydrogens is 636 g/mol. The van der Waals surface area contributed by atoms with Crippen molar-refractivity contribution in [2.24, 2.45) is 0 Å². The lowest BCUT2D eigenvalue weighted by molar-refractivity contribution is -0.140. The van der Waals surface area contributed by atoms with Crippen molar-refractivity contribution in [1.82, 2.24) is 10.2 Å². The molecule has 0 spiro atoms. The number of carbonyl (C=O) groups excluding carboxylic acids is 2. The highest BCUT2D eigenvalue weighted by Crippen LogP contribution is 2.29. The van der Waals surface area contributed by atoms with Gasteiger partial charge in [-0.1, -0.05) is 85.3 Å². The zero-order valence-corrected chi connectivity index (χ0v) is 26.7. The first-order valence-corrected chi connectivity index (χ1v) is 16.6. The second-order valence-corrected chi connectivity index (χ2v) is 13.5. The molecule has 0 heterocycles. The number of halogens is 4. The third-order valence-corrected chi connectivity index (χ3v) is 10.3. The van der Waals surface area contributed by atoms with Gasteiger partial charge in [0.05, 0.1) is 25.7 Å². The van der Waals surface area contributed by atoms with Crippen LogP contribution in [-0.2, 0) is 26.2 Å². The lowest BCUT2D eigenvalue weighted by Crippen LogP contribution is -2.54. The molecule has 0 unspecified atom stereocenters. The van der Waals surface area contributed by atoms with Gasteiger partial charge in [0, 0.05) is 12.6 Å². The van der Waals surface area contributed by atoms with Gasteiger partial charge in [-0.05, 0) is 67.3 Å². The van der Waals surface area contributed by atoms with Gasteiger partial charge in [0.1, 0.15) is 18.4 Å². The number of benzene rings is 3. The summed E-state index contributed by atoms with van der Waals surface area (Å²) >= 11 is 18.4. The molecule has 1 aliphatic carbocycles. The molecule has 0 bridgehead atoms. The standard InChI is InChI=1S/C31H33Cl3FN3O4S/c1-2-29(31(40)36-22-9-5-3-6-10-22)37(19-21-13-15-25(32)26(33)17-21)30(39)20-38(23-14-16-28(35)27(34)18-23)43(41,42)24-11-7-4-8-12-24/h4,7-8,11-18,22,29H,2-3,5-6,9-10,19-20H2,1H3,(H,36,40)/t29-/m0/s1. The van der Waals surface area contributed by atoms with Gasteiger partial charge in [0.15, 0.2) is 0 Å². The molecule has 1 N–H and O–H groups in total. The van der Waals surface area contributed by atoms with Gasteiger partial charge in [-0.25, -0.2) is 12.8 Å². The highest BCUT2D eigenvalue weighted by molar-refractivity contribution is 7.92. The number of nitrogens with one attached hydrogen (secondary N) is 1. The maximum absolute atomic E-state index is 14.2. The van der Waals surface area contributed by atoms with Crippen LogP contribution in [0.25, 0.3) is 0 Å². The first-order valence-electron chi connectivity index (χ1n) is 14.1. The zero-order valence-electron chi connectivity index (χ0n) is 23.6. The molecule has 43 heavy (non-hydrogen) atoms. The van der Waals surface area contributed by atoms with Crippen molar-refractivity contribution in [3.05, 3.63) is 93.2 Å². The van der Waals surface area contributed by atoms with Crippen molar-refractivity contribution >= 4 is 62.3 Å². The first kappa shape index (κ1) is 33.1. The van der Waals surface area contributed by atoms with E-state index in [-0.39, 0.29) is 45.5 Å². The molecule has 12 heteroatoms. The zero-order chi connectivity index (χ0) is 31.1. The molecule has 2 amide bonds. The van der Waals surface area contributed by atoms with E-state index < -0.39 is 34.3 Å². The number of amides is 2. The lowest BCUT2D eigenvalue weighted by Gasteiger charge is -2.34. The van der Waals surface area contributed by atoms with Crippen molar-refractivity contribution in [1.29, 1.82) is 0 Å². The van der Waals surface area contributed by atoms with Crippen LogP contribution in [0, 0.1) is 5.82 Å². The lowest BCUT2D eigenvalue weighted by atomic mass is 9.95. The smallest absolute Gasteiger partial charge is 0.264 e. The number of carbonyl (C=O) groups is 2. The fourth-order valence-electron chi connectivity index (χ4n) is 5.19. The van der Waals surface area contributed by atoms with E-state index in [0.717, 1.165) is 48.5 Å². The van der Waals surface area contributed by atoms with Gasteiger partial charge in [0.2, 0.25) is 11.8 Å². The van der Waals surface area contributed by atoms with E-state index in [1.54, 1.807) is 43.3 Å². The van der Waals surface area contributed by atoms with Crippen LogP contribution in [0.2, 0.25) is 15.1 Å². The van der Waals surface area contributed by atoms with Gasteiger partial charge in [0.25, 0.3) is 10.0 Å². The summed E-state index contributed by atoms with van der Waals surface area (Å²) in [4.78, 5) is 29.1. The van der Waals surface area contributed by atoms with Crippen LogP contribution >= 0.6 is 34.8 Å². The number of rotatable bonds is 11. The Morgan fingerprint density at radius 2 is 1.63 bits per heavy atom. The van der Waals surface area contributed by atoms with E-state index in [9.17, 15) is 22.4 Å². The molecular formula is C31H33Cl3FN3O4S. The second-order valence-electron chi connectivity index (χ2n) is 10.5. The van der Waals surface area contributed by atoms with Crippen LogP contribution in [0.15, 0.2) is 71.6 Å². The summed E-state index contributed by atoms with van der Waals surface area (Å²) in [5.74, 6) is -1.69. The SMILES string of the molecule is CC[C@@H](C(=O)NC1CCCCC1)N(Cc1ccc(Cl)c(Cl)c1)C(=O)CN(c1ccc(F)c(Cl)c1)S(=O)(=O)c1ccccc1. The second kappa shape index (κ2) is 14.8. The van der Waals surface area contributed by atoms with Crippen LogP contribution in [-0.4, -0.2) is 43.8 Å². The van der Waals surface area contributed by atoms with Crippen LogP contribution in [0.1, 0.15) is 51.0 Å². The molecule has 0 saturated heterocycles. The Morgan fingerprint density at radius 1 is 0.930 bits per heavy atom. The Morgan fingerprint density at radius 3 is 2.26 bits per heavy atom. The van der Waals surface area contributed by atoms with E-state index in [0.29, 0.717) is 10.6 Å². The summed E-state index contributed by atoms with van der Waals surface area (Å²) < 4.78 is 42.7. The third kappa shape index (κ3) is 8.20. The summed E-state index contributed by atoms with van der Waals surface area (Å²) in [7, 11) is -4.31. The fraction of sp³-hybridized carbons (Fsp3) is 0.355. The van der Waals surface area contributed by atoms with Crippen LogP contribution in [0.5, 0.6) is 0 Å². The number of sulfonamides is 1. The molecule has 7 nitrogen and oxygen atoms in total. The predicted octanol–water partition coefficient (Wildman–Crippen LogP) is 7.24. The van der Waals surface area contributed by atoms with Gasteiger partial charge in [-0.2, -0.15) is 0 Å². The van der Waals surface area contributed by atoms with Crippen molar-refractivity contribution < 1.29 is 22.4 Å². The number of anilines is 1. The van der Waals surface area contributed by atoms with Crippen molar-refractivity contribution in [2.45, 2.75) is 69.0 Å². The summed E-state index contributed by atoms with van der Waals surface area (Å²) in [6.07, 6.45) is 5.14. The Kier molecular flexibility index (Phi) is 11.3. The summed E-state index contributed by atoms with van der Waals surface area (Å²) in [6.45, 7) is 1.09. The minimum absolute atomic E-state index is 0.00204. The first-order chi connectivity index (χ1) is 20.5. The minimum Gasteiger partial charge on any atom is -0.352 e. The molecule has 0 aromatic heterocycles. The van der Waals surface area contributed by atoms with Gasteiger partial charge in [-0.3, -0.25) is 13.9 Å². The normalized spacial score (nSPS) is 14.6. The Labute approximate surface area is 267 Å². The Bertz CT molecular complexity index is 1550. The van der Waals surface area contributed by atoms with E-state index in [2.05, 4.69) is 5.32 Å². The molecule has 4 rings (SSSR count). The van der Waals surface area contributed by atoms with Gasteiger partial charge in [-0.15, -0.1) is 0 Å². The van der Waals surface area contributed by atoms with Crippen LogP contribution in [0.4, 0.5) is 10.1 Å². The average Bonchev–Trinajstić information content (AvgIpc) is 3.00. The summed E-state index contributed by atoms with van der Waals surface area (Å²) in [5.41, 5.74) is 0.603. The maximum Gasteiger partial charge on any atom is 0.264 e. The molecule has 230 valence electrons. The number of hydrogen-bond donors (Lipinski definition) is 1. The van der Waals surface area contributed by atoms with E-state index in [1.807, 2.05) is 0 Å². The van der Waals surface area contributed by atoms with Crippen molar-refractivity contribution in [3.8, 4) is 0 Å². The summed E-state index contributed by atoms with van der Waals surface area (Å²) in [6, 6.07) is 15.0. The van der Waals surface area contributed by atoms with Gasteiger partial charge < -0.3 is 10.2 Å². The number of nitrogens with zero attached hydrogens (tertiary/aromatic N) is 2. The van der Waals surface area contributed by atoms with E-state index in [4.69, 9.17) is 34.8 Å². The fourth-order valence-corrected chi connectivity index (χ4v) is 7.11. The van der Waals surface area contributed by atoms with Crippen LogP contribution < -0.4 is 9.62 Å². The Balaban J connectivity index is 1.73. The summed E-state index contributed by atoms with van der Waals surface area (Å²) in [5, 5.41) is 3.40. The predicted molar refractivity (Wildman–Crippen MR) is 168 cm³/mol. The number of hydrogen-bond acceptors (Lipinski definition) is 4. The maximum atomic E-state index is 14.2. The molecule has 3 aromatic rings. The monoisotopic (exact) mass is 667 g/mol. The van der Waals surface area contributed by atoms with Crippen LogP contribution in [0.3, 0.4) is 0 Å². The van der Waals surface area contributed by atoms with Crippen molar-refractivity contribution in [3.63, 3.8) is 0 Å². The Hall–Kier alpha value is -2.85. The van der Waals surface area contributed by atoms with E-state index >= 15 is 0 Å². The molecule has 1 atom stereocenters. The topological polar surface area (TPSA) is 86.8 Å². The quantitative estimate of drug-likeness (QED) is 0.234. The average molecular weight is 669 g/mol. The van der Waals surface area contributed by atoms with E-state index in [1.165, 1.54) is 23.1 Å². The molecule has 3 aromatic carbocycles. The highest BCUT2D eigenvalue weighted by Gasteiger charge is 2.34. The third-order valence-electron chi connectivity index (χ3n) is 7.48. The molecule has 1 fully saturated rings. The highest BCUT2D eigenvalue weighted by atomic mass is 35.5. The van der Waals surface area contributed by atoms with Crippen molar-refractivity contribution in [2.75, 3.05) is 10.8 Å². The molecule has 0 aliphatic heterocycles. The molecule has 1 saturated carbocycles. The largest absolute Gasteiger partial charge is 0.352 e. The molecule has 1 aliphatic rings. The van der Waals surface area contributed by atoms with Gasteiger partial charge >= 0.3 is 0 Å². The molecule has 0 radical (unpaired) electrons. The minimum atomic E-state index is -4.31.